The van der Waals surface area contributed by atoms with Crippen molar-refractivity contribution in [1.82, 2.24) is 4.98 Å². The van der Waals surface area contributed by atoms with Crippen LogP contribution in [0.5, 0.6) is 0 Å². The summed E-state index contributed by atoms with van der Waals surface area (Å²) in [6.07, 6.45) is 2.63. The second-order valence-electron chi connectivity index (χ2n) is 5.06. The summed E-state index contributed by atoms with van der Waals surface area (Å²) in [7, 11) is 0. The van der Waals surface area contributed by atoms with Crippen molar-refractivity contribution in [1.29, 1.82) is 0 Å². The smallest absolute Gasteiger partial charge is 0.331 e. The number of anilines is 1. The van der Waals surface area contributed by atoms with Crippen LogP contribution in [0.1, 0.15) is 12.5 Å². The lowest BCUT2D eigenvalue weighted by Gasteiger charge is -2.12. The van der Waals surface area contributed by atoms with E-state index < -0.39 is 22.9 Å². The number of benzene rings is 1. The van der Waals surface area contributed by atoms with Crippen LogP contribution in [0.25, 0.3) is 6.08 Å². The number of hydrogen-bond donors (Lipinski definition) is 1. The van der Waals surface area contributed by atoms with E-state index in [0.717, 1.165) is 6.08 Å². The summed E-state index contributed by atoms with van der Waals surface area (Å²) in [5, 5.41) is 13.5. The predicted octanol–water partition coefficient (Wildman–Crippen LogP) is 3.23. The molecule has 9 heteroatoms. The Morgan fingerprint density at radius 3 is 2.73 bits per heavy atom. The minimum absolute atomic E-state index is 0.107. The Balaban J connectivity index is 1.98. The third kappa shape index (κ3) is 5.12. The minimum Gasteiger partial charge on any atom is -0.449 e. The van der Waals surface area contributed by atoms with E-state index in [1.165, 1.54) is 37.4 Å². The highest BCUT2D eigenvalue weighted by atomic mass is 35.5. The number of para-hydroxylation sites is 1. The number of amides is 1. The maximum Gasteiger partial charge on any atom is 0.331 e. The number of esters is 1. The molecule has 2 aromatic rings. The van der Waals surface area contributed by atoms with Crippen LogP contribution in [0.2, 0.25) is 5.15 Å². The number of nitrogens with one attached hydrogen (secondary N) is 1. The molecule has 0 aliphatic carbocycles. The summed E-state index contributed by atoms with van der Waals surface area (Å²) in [6.45, 7) is 1.39. The van der Waals surface area contributed by atoms with Gasteiger partial charge in [-0.3, -0.25) is 14.9 Å². The first kappa shape index (κ1) is 19.1. The second-order valence-corrected chi connectivity index (χ2v) is 5.42. The molecule has 1 N–H and O–H groups in total. The Bertz CT molecular complexity index is 869. The highest BCUT2D eigenvalue weighted by Crippen LogP contribution is 2.19. The fraction of sp³-hybridized carbons (Fsp3) is 0.118. The molecule has 0 saturated heterocycles. The Morgan fingerprint density at radius 2 is 2.04 bits per heavy atom. The molecule has 0 fully saturated rings. The van der Waals surface area contributed by atoms with E-state index in [-0.39, 0.29) is 22.1 Å². The van der Waals surface area contributed by atoms with Crippen LogP contribution in [-0.4, -0.2) is 27.9 Å². The average Bonchev–Trinajstić information content (AvgIpc) is 2.62. The largest absolute Gasteiger partial charge is 0.449 e. The molecule has 0 saturated carbocycles. The van der Waals surface area contributed by atoms with Gasteiger partial charge < -0.3 is 10.1 Å². The molecule has 0 unspecified atom stereocenters. The zero-order chi connectivity index (χ0) is 19.1. The summed E-state index contributed by atoms with van der Waals surface area (Å²) in [5.74, 6) is -1.41. The number of nitro groups is 1. The van der Waals surface area contributed by atoms with Gasteiger partial charge in [0.2, 0.25) is 0 Å². The van der Waals surface area contributed by atoms with Crippen LogP contribution in [0, 0.1) is 10.1 Å². The van der Waals surface area contributed by atoms with Crippen LogP contribution in [0.15, 0.2) is 48.7 Å². The number of hydrogen-bond acceptors (Lipinski definition) is 6. The first-order valence-electron chi connectivity index (χ1n) is 7.42. The fourth-order valence-electron chi connectivity index (χ4n) is 1.93. The molecule has 1 atom stereocenters. The zero-order valence-electron chi connectivity index (χ0n) is 13.6. The molecule has 1 aromatic carbocycles. The highest BCUT2D eigenvalue weighted by molar-refractivity contribution is 6.32. The van der Waals surface area contributed by atoms with Gasteiger partial charge in [0.15, 0.2) is 11.3 Å². The maximum absolute atomic E-state index is 12.0. The van der Waals surface area contributed by atoms with Gasteiger partial charge in [0, 0.05) is 18.3 Å². The first-order valence-corrected chi connectivity index (χ1v) is 7.79. The van der Waals surface area contributed by atoms with Gasteiger partial charge in [0.05, 0.1) is 16.2 Å². The number of carbonyl (C=O) groups is 2. The SMILES string of the molecule is C[C@H](OC(=O)/C=C/c1ccccc1[N+](=O)[O-])C(=O)Nc1cccnc1Cl. The average molecular weight is 376 g/mol. The summed E-state index contributed by atoms with van der Waals surface area (Å²) in [4.78, 5) is 38.0. The molecular formula is C17H14ClN3O5. The monoisotopic (exact) mass is 375 g/mol. The topological polar surface area (TPSA) is 111 Å². The van der Waals surface area contributed by atoms with Gasteiger partial charge in [-0.1, -0.05) is 23.7 Å². The molecule has 1 amide bonds. The summed E-state index contributed by atoms with van der Waals surface area (Å²) >= 11 is 5.84. The number of carbonyl (C=O) groups excluding carboxylic acids is 2. The summed E-state index contributed by atoms with van der Waals surface area (Å²) < 4.78 is 4.98. The molecule has 0 bridgehead atoms. The number of nitro benzene ring substituents is 1. The van der Waals surface area contributed by atoms with Crippen molar-refractivity contribution in [3.8, 4) is 0 Å². The van der Waals surface area contributed by atoms with Gasteiger partial charge in [-0.05, 0) is 31.2 Å². The maximum atomic E-state index is 12.0. The van der Waals surface area contributed by atoms with Crippen LogP contribution in [-0.2, 0) is 14.3 Å². The lowest BCUT2D eigenvalue weighted by Crippen LogP contribution is -2.29. The van der Waals surface area contributed by atoms with Gasteiger partial charge in [-0.25, -0.2) is 9.78 Å². The second kappa shape index (κ2) is 8.72. The molecular weight excluding hydrogens is 362 g/mol. The van der Waals surface area contributed by atoms with Crippen LogP contribution in [0.4, 0.5) is 11.4 Å². The Kier molecular flexibility index (Phi) is 6.40. The van der Waals surface area contributed by atoms with Gasteiger partial charge in [-0.15, -0.1) is 0 Å². The Morgan fingerprint density at radius 1 is 1.31 bits per heavy atom. The molecule has 2 rings (SSSR count). The molecule has 0 spiro atoms. The number of halogens is 1. The van der Waals surface area contributed by atoms with Crippen LogP contribution < -0.4 is 5.32 Å². The van der Waals surface area contributed by atoms with Gasteiger partial charge in [0.1, 0.15) is 0 Å². The number of nitrogens with zero attached hydrogens (tertiary/aromatic N) is 2. The van der Waals surface area contributed by atoms with Crippen molar-refractivity contribution < 1.29 is 19.2 Å². The van der Waals surface area contributed by atoms with Crippen molar-refractivity contribution in [3.63, 3.8) is 0 Å². The fourth-order valence-corrected chi connectivity index (χ4v) is 2.10. The van der Waals surface area contributed by atoms with Gasteiger partial charge in [-0.2, -0.15) is 0 Å². The zero-order valence-corrected chi connectivity index (χ0v) is 14.3. The molecule has 26 heavy (non-hydrogen) atoms. The third-order valence-corrected chi connectivity index (χ3v) is 3.51. The van der Waals surface area contributed by atoms with Crippen LogP contribution >= 0.6 is 11.6 Å². The summed E-state index contributed by atoms with van der Waals surface area (Å²) in [5.41, 5.74) is 0.389. The molecule has 1 heterocycles. The number of pyridine rings is 1. The number of aromatic nitrogens is 1. The van der Waals surface area contributed by atoms with Crippen LogP contribution in [0.3, 0.4) is 0 Å². The number of ether oxygens (including phenoxy) is 1. The van der Waals surface area contributed by atoms with Crippen molar-refractivity contribution in [2.45, 2.75) is 13.0 Å². The van der Waals surface area contributed by atoms with Crippen molar-refractivity contribution in [2.24, 2.45) is 0 Å². The third-order valence-electron chi connectivity index (χ3n) is 3.21. The van der Waals surface area contributed by atoms with Crippen molar-refractivity contribution in [2.75, 3.05) is 5.32 Å². The molecule has 134 valence electrons. The van der Waals surface area contributed by atoms with E-state index in [4.69, 9.17) is 16.3 Å². The van der Waals surface area contributed by atoms with Crippen molar-refractivity contribution in [3.05, 3.63) is 69.5 Å². The Labute approximate surface area is 153 Å². The highest BCUT2D eigenvalue weighted by Gasteiger charge is 2.18. The molecule has 0 aliphatic heterocycles. The molecule has 1 aromatic heterocycles. The van der Waals surface area contributed by atoms with E-state index in [9.17, 15) is 19.7 Å². The lowest BCUT2D eigenvalue weighted by molar-refractivity contribution is -0.385. The van der Waals surface area contributed by atoms with Gasteiger partial charge >= 0.3 is 5.97 Å². The molecule has 0 aliphatic rings. The van der Waals surface area contributed by atoms with E-state index in [0.29, 0.717) is 0 Å². The van der Waals surface area contributed by atoms with E-state index in [2.05, 4.69) is 10.3 Å². The van der Waals surface area contributed by atoms with E-state index in [1.807, 2.05) is 0 Å². The standard InChI is InChI=1S/C17H14ClN3O5/c1-11(17(23)20-13-6-4-10-19-16(13)18)26-15(22)9-8-12-5-2-3-7-14(12)21(24)25/h2-11H,1H3,(H,20,23)/b9-8+/t11-/m0/s1. The first-order chi connectivity index (χ1) is 12.4. The van der Waals surface area contributed by atoms with Crippen molar-refractivity contribution >= 4 is 40.9 Å². The number of rotatable bonds is 6. The minimum atomic E-state index is -1.10. The molecule has 0 radical (unpaired) electrons. The normalized spacial score (nSPS) is 11.8. The predicted molar refractivity (Wildman–Crippen MR) is 95.6 cm³/mol. The quantitative estimate of drug-likeness (QED) is 0.273. The molecule has 8 nitrogen and oxygen atoms in total. The van der Waals surface area contributed by atoms with E-state index in [1.54, 1.807) is 18.2 Å². The van der Waals surface area contributed by atoms with E-state index >= 15 is 0 Å². The van der Waals surface area contributed by atoms with Gasteiger partial charge in [0.25, 0.3) is 11.6 Å². The Hall–Kier alpha value is -3.26. The lowest BCUT2D eigenvalue weighted by atomic mass is 10.1. The summed E-state index contributed by atoms with van der Waals surface area (Å²) in [6, 6.07) is 9.07.